The minimum atomic E-state index is 0.331. The minimum Gasteiger partial charge on any atom is -0.472 e. The van der Waals surface area contributed by atoms with E-state index in [2.05, 4.69) is 14.9 Å². The van der Waals surface area contributed by atoms with Crippen molar-refractivity contribution in [3.8, 4) is 22.8 Å². The minimum absolute atomic E-state index is 0.331. The Bertz CT molecular complexity index is 970. The molecule has 0 spiro atoms. The van der Waals surface area contributed by atoms with E-state index in [4.69, 9.17) is 9.84 Å². The van der Waals surface area contributed by atoms with Crippen LogP contribution in [0.3, 0.4) is 0 Å². The molecule has 5 heterocycles. The fourth-order valence-corrected chi connectivity index (χ4v) is 3.39. The van der Waals surface area contributed by atoms with Crippen LogP contribution in [0.2, 0.25) is 0 Å². The smallest absolute Gasteiger partial charge is 0.223 e. The van der Waals surface area contributed by atoms with Crippen LogP contribution in [0.25, 0.3) is 16.9 Å². The first kappa shape index (κ1) is 15.1. The van der Waals surface area contributed by atoms with Crippen LogP contribution in [0.15, 0.2) is 42.9 Å². The molecule has 1 saturated heterocycles. The van der Waals surface area contributed by atoms with Gasteiger partial charge >= 0.3 is 0 Å². The first-order valence-corrected chi connectivity index (χ1v) is 8.68. The molecule has 0 bridgehead atoms. The molecule has 0 unspecified atom stereocenters. The van der Waals surface area contributed by atoms with E-state index in [1.807, 2.05) is 41.3 Å². The molecule has 130 valence electrons. The van der Waals surface area contributed by atoms with Crippen LogP contribution in [0.4, 0.5) is 5.82 Å². The number of aromatic nitrogens is 4. The zero-order valence-electron chi connectivity index (χ0n) is 14.1. The topological polar surface area (TPSA) is 73.1 Å². The lowest BCUT2D eigenvalue weighted by molar-refractivity contribution is -0.119. The molecule has 0 saturated carbocycles. The largest absolute Gasteiger partial charge is 0.472 e. The maximum Gasteiger partial charge on any atom is 0.223 e. The molecular weight excluding hydrogens is 330 g/mol. The van der Waals surface area contributed by atoms with Crippen LogP contribution in [0.5, 0.6) is 5.88 Å². The summed E-state index contributed by atoms with van der Waals surface area (Å²) in [4.78, 5) is 22.4. The molecule has 0 atom stereocenters. The van der Waals surface area contributed by atoms with E-state index in [0.717, 1.165) is 41.4 Å². The van der Waals surface area contributed by atoms with E-state index >= 15 is 0 Å². The predicted octanol–water partition coefficient (Wildman–Crippen LogP) is 2.39. The molecule has 3 aromatic heterocycles. The van der Waals surface area contributed by atoms with Gasteiger partial charge in [0.15, 0.2) is 0 Å². The lowest BCUT2D eigenvalue weighted by Crippen LogP contribution is -2.34. The Morgan fingerprint density at radius 2 is 1.96 bits per heavy atom. The average molecular weight is 347 g/mol. The Labute approximate surface area is 150 Å². The Balaban J connectivity index is 1.43. The summed E-state index contributed by atoms with van der Waals surface area (Å²) in [5.41, 5.74) is 3.74. The van der Waals surface area contributed by atoms with Crippen molar-refractivity contribution in [2.75, 3.05) is 18.0 Å². The van der Waals surface area contributed by atoms with E-state index in [-0.39, 0.29) is 0 Å². The molecule has 0 N–H and O–H groups in total. The third kappa shape index (κ3) is 2.52. The molecule has 0 aromatic carbocycles. The van der Waals surface area contributed by atoms with E-state index in [0.29, 0.717) is 31.1 Å². The number of hydrogen-bond acceptors (Lipinski definition) is 6. The summed E-state index contributed by atoms with van der Waals surface area (Å²) in [6.45, 7) is 1.94. The predicted molar refractivity (Wildman–Crippen MR) is 95.4 cm³/mol. The van der Waals surface area contributed by atoms with Gasteiger partial charge in [0.05, 0.1) is 17.4 Å². The van der Waals surface area contributed by atoms with Gasteiger partial charge in [0.2, 0.25) is 5.88 Å². The highest BCUT2D eigenvalue weighted by atomic mass is 16.5. The number of anilines is 1. The van der Waals surface area contributed by atoms with Gasteiger partial charge in [-0.2, -0.15) is 5.10 Å². The van der Waals surface area contributed by atoms with Crippen LogP contribution < -0.4 is 9.64 Å². The summed E-state index contributed by atoms with van der Waals surface area (Å²) in [7, 11) is 0. The molecule has 26 heavy (non-hydrogen) atoms. The van der Waals surface area contributed by atoms with Gasteiger partial charge in [-0.1, -0.05) is 0 Å². The highest BCUT2D eigenvalue weighted by molar-refractivity contribution is 5.80. The van der Waals surface area contributed by atoms with Gasteiger partial charge in [0.1, 0.15) is 23.9 Å². The number of nitrogens with zero attached hydrogens (tertiary/aromatic N) is 5. The fraction of sp³-hybridized carbons (Fsp3) is 0.263. The highest BCUT2D eigenvalue weighted by Crippen LogP contribution is 2.34. The molecule has 7 heteroatoms. The van der Waals surface area contributed by atoms with E-state index in [1.54, 1.807) is 6.20 Å². The first-order chi connectivity index (χ1) is 12.8. The second-order valence-electron chi connectivity index (χ2n) is 6.49. The second kappa shape index (κ2) is 5.94. The van der Waals surface area contributed by atoms with Gasteiger partial charge in [0.25, 0.3) is 0 Å². The van der Waals surface area contributed by atoms with E-state index in [9.17, 15) is 4.79 Å². The number of rotatable bonds is 2. The number of ether oxygens (including phenoxy) is 1. The zero-order chi connectivity index (χ0) is 17.5. The molecule has 3 aromatic rings. The summed E-state index contributed by atoms with van der Waals surface area (Å²) in [6.07, 6.45) is 6.71. The number of pyridine rings is 2. The van der Waals surface area contributed by atoms with Gasteiger partial charge in [-0.05, 0) is 24.3 Å². The first-order valence-electron chi connectivity index (χ1n) is 8.68. The zero-order valence-corrected chi connectivity index (χ0v) is 14.1. The molecule has 0 amide bonds. The fourth-order valence-electron chi connectivity index (χ4n) is 3.39. The third-order valence-corrected chi connectivity index (χ3v) is 4.82. The van der Waals surface area contributed by atoms with Crippen molar-refractivity contribution in [1.29, 1.82) is 0 Å². The third-order valence-electron chi connectivity index (χ3n) is 4.82. The molecule has 0 aliphatic carbocycles. The normalized spacial score (nSPS) is 16.0. The molecular formula is C19H17N5O2. The molecule has 2 aliphatic rings. The number of carbonyl (C=O) groups excluding carboxylic acids is 1. The Morgan fingerprint density at radius 3 is 2.77 bits per heavy atom. The van der Waals surface area contributed by atoms with Crippen molar-refractivity contribution in [1.82, 2.24) is 19.7 Å². The summed E-state index contributed by atoms with van der Waals surface area (Å²) in [5.74, 6) is 1.85. The number of fused-ring (bicyclic) bond motifs is 3. The van der Waals surface area contributed by atoms with Crippen LogP contribution in [0.1, 0.15) is 18.4 Å². The summed E-state index contributed by atoms with van der Waals surface area (Å²) in [6, 6.07) is 7.84. The van der Waals surface area contributed by atoms with Crippen LogP contribution in [-0.2, 0) is 11.4 Å². The van der Waals surface area contributed by atoms with Crippen molar-refractivity contribution in [3.63, 3.8) is 0 Å². The van der Waals surface area contributed by atoms with Crippen molar-refractivity contribution >= 4 is 11.6 Å². The summed E-state index contributed by atoms with van der Waals surface area (Å²) < 4.78 is 7.52. The van der Waals surface area contributed by atoms with Crippen molar-refractivity contribution in [2.45, 2.75) is 19.4 Å². The Morgan fingerprint density at radius 1 is 1.08 bits per heavy atom. The molecule has 2 aliphatic heterocycles. The quantitative estimate of drug-likeness (QED) is 0.709. The number of ketones is 1. The lowest BCUT2D eigenvalue weighted by Gasteiger charge is -2.27. The van der Waals surface area contributed by atoms with Crippen molar-refractivity contribution in [3.05, 3.63) is 48.4 Å². The van der Waals surface area contributed by atoms with Crippen molar-refractivity contribution < 1.29 is 9.53 Å². The van der Waals surface area contributed by atoms with Gasteiger partial charge in [-0.25, -0.2) is 14.6 Å². The van der Waals surface area contributed by atoms with Gasteiger partial charge in [0, 0.05) is 43.9 Å². The second-order valence-corrected chi connectivity index (χ2v) is 6.49. The number of Topliss-reactive ketones (excluding diaryl/α,β-unsaturated/α-hetero) is 1. The monoisotopic (exact) mass is 347 g/mol. The average Bonchev–Trinajstić information content (AvgIpc) is 3.14. The van der Waals surface area contributed by atoms with Gasteiger partial charge < -0.3 is 9.64 Å². The number of piperidine rings is 1. The summed E-state index contributed by atoms with van der Waals surface area (Å²) in [5, 5.41) is 4.71. The van der Waals surface area contributed by atoms with E-state index in [1.165, 1.54) is 0 Å². The SMILES string of the molecule is O=C1CCN(c2ccc(-n3cc4c(n3)-c3cccnc3OC4)cn2)CC1. The molecule has 5 rings (SSSR count). The van der Waals surface area contributed by atoms with Gasteiger partial charge in [-0.3, -0.25) is 4.79 Å². The molecule has 0 radical (unpaired) electrons. The van der Waals surface area contributed by atoms with Gasteiger partial charge in [-0.15, -0.1) is 0 Å². The number of hydrogen-bond donors (Lipinski definition) is 0. The van der Waals surface area contributed by atoms with Crippen LogP contribution in [-0.4, -0.2) is 38.6 Å². The molecule has 7 nitrogen and oxygen atoms in total. The Hall–Kier alpha value is -3.22. The van der Waals surface area contributed by atoms with E-state index < -0.39 is 0 Å². The maximum atomic E-state index is 11.4. The van der Waals surface area contributed by atoms with Crippen LogP contribution in [0, 0.1) is 0 Å². The maximum absolute atomic E-state index is 11.4. The Kier molecular flexibility index (Phi) is 3.44. The standard InChI is InChI=1S/C19H17N5O2/c25-15-5-8-23(9-6-15)17-4-3-14(10-21-17)24-11-13-12-26-19-16(18(13)22-24)2-1-7-20-19/h1-4,7,10-11H,5-6,8-9,12H2. The van der Waals surface area contributed by atoms with Crippen LogP contribution >= 0.6 is 0 Å². The lowest BCUT2D eigenvalue weighted by atomic mass is 10.1. The van der Waals surface area contributed by atoms with Crippen molar-refractivity contribution in [2.24, 2.45) is 0 Å². The molecule has 1 fully saturated rings. The summed E-state index contributed by atoms with van der Waals surface area (Å²) >= 11 is 0. The highest BCUT2D eigenvalue weighted by Gasteiger charge is 2.22. The number of carbonyl (C=O) groups is 1.